The van der Waals surface area contributed by atoms with Gasteiger partial charge in [0, 0.05) is 19.1 Å². The second kappa shape index (κ2) is 7.97. The number of carboxylic acids is 1. The lowest BCUT2D eigenvalue weighted by Crippen LogP contribution is -2.61. The highest BCUT2D eigenvalue weighted by Crippen LogP contribution is 2.14. The van der Waals surface area contributed by atoms with Crippen LogP contribution >= 0.6 is 0 Å². The fraction of sp³-hybridized carbons (Fsp3) is 0.786. The number of piperazine rings is 1. The smallest absolute Gasteiger partial charge is 0.305 e. The molecule has 21 heavy (non-hydrogen) atoms. The van der Waals surface area contributed by atoms with Crippen molar-refractivity contribution in [1.29, 1.82) is 0 Å². The molecule has 0 aliphatic carbocycles. The van der Waals surface area contributed by atoms with Crippen LogP contribution < -0.4 is 10.6 Å². The fourth-order valence-electron chi connectivity index (χ4n) is 2.54. The second-order valence-corrected chi connectivity index (χ2v) is 5.34. The van der Waals surface area contributed by atoms with Gasteiger partial charge >= 0.3 is 5.97 Å². The minimum Gasteiger partial charge on any atom is -0.481 e. The molecule has 0 radical (unpaired) electrons. The number of carbonyl (C=O) groups excluding carboxylic acids is 2. The Bertz CT molecular complexity index is 396. The maximum absolute atomic E-state index is 12.3. The van der Waals surface area contributed by atoms with Crippen molar-refractivity contribution < 1.29 is 19.5 Å². The Morgan fingerprint density at radius 2 is 2.05 bits per heavy atom. The van der Waals surface area contributed by atoms with Crippen LogP contribution in [-0.2, 0) is 14.4 Å². The van der Waals surface area contributed by atoms with Crippen LogP contribution in [0.5, 0.6) is 0 Å². The summed E-state index contributed by atoms with van der Waals surface area (Å²) in [4.78, 5) is 36.7. The number of aliphatic carboxylic acids is 1. The number of hydrogen-bond acceptors (Lipinski definition) is 4. The third-order valence-electron chi connectivity index (χ3n) is 3.95. The van der Waals surface area contributed by atoms with Gasteiger partial charge in [-0.25, -0.2) is 0 Å². The van der Waals surface area contributed by atoms with Crippen LogP contribution in [-0.4, -0.2) is 59.0 Å². The summed E-state index contributed by atoms with van der Waals surface area (Å²) >= 11 is 0. The minimum atomic E-state index is -1.05. The summed E-state index contributed by atoms with van der Waals surface area (Å²) in [6, 6.07) is -1.21. The number of rotatable bonds is 7. The molecule has 1 fully saturated rings. The van der Waals surface area contributed by atoms with E-state index >= 15 is 0 Å². The molecule has 1 aliphatic heterocycles. The molecule has 0 aromatic heterocycles. The average molecular weight is 299 g/mol. The molecule has 0 aromatic carbocycles. The third kappa shape index (κ3) is 4.70. The standard InChI is InChI=1S/C14H25N3O4/c1-4-10(5-2)16-13(20)9(3)17-7-6-15-14(21)11(17)8-12(18)19/h9-11H,4-8H2,1-3H3,(H,15,21)(H,16,20)(H,18,19). The zero-order valence-corrected chi connectivity index (χ0v) is 12.9. The number of carboxylic acid groups (broad SMARTS) is 1. The number of hydrogen-bond donors (Lipinski definition) is 3. The molecule has 2 atom stereocenters. The number of carbonyl (C=O) groups is 3. The van der Waals surface area contributed by atoms with Crippen molar-refractivity contribution in [2.45, 2.75) is 58.2 Å². The quantitative estimate of drug-likeness (QED) is 0.612. The monoisotopic (exact) mass is 299 g/mol. The first kappa shape index (κ1) is 17.4. The molecule has 1 aliphatic rings. The van der Waals surface area contributed by atoms with Gasteiger partial charge in [0.05, 0.1) is 12.5 Å². The SMILES string of the molecule is CCC(CC)NC(=O)C(C)N1CCNC(=O)C1CC(=O)O. The van der Waals surface area contributed by atoms with Crippen molar-refractivity contribution in [3.05, 3.63) is 0 Å². The van der Waals surface area contributed by atoms with Gasteiger partial charge in [-0.2, -0.15) is 0 Å². The van der Waals surface area contributed by atoms with Crippen molar-refractivity contribution in [2.24, 2.45) is 0 Å². The summed E-state index contributed by atoms with van der Waals surface area (Å²) in [5.74, 6) is -1.53. The van der Waals surface area contributed by atoms with Crippen molar-refractivity contribution in [2.75, 3.05) is 13.1 Å². The molecular formula is C14H25N3O4. The predicted octanol–water partition coefficient (Wildman–Crippen LogP) is -0.0452. The lowest BCUT2D eigenvalue weighted by molar-refractivity contribution is -0.145. The van der Waals surface area contributed by atoms with E-state index in [1.54, 1.807) is 11.8 Å². The van der Waals surface area contributed by atoms with E-state index in [9.17, 15) is 14.4 Å². The minimum absolute atomic E-state index is 0.108. The van der Waals surface area contributed by atoms with Gasteiger partial charge in [0.1, 0.15) is 6.04 Å². The molecule has 120 valence electrons. The molecule has 0 spiro atoms. The van der Waals surface area contributed by atoms with E-state index in [1.807, 2.05) is 13.8 Å². The van der Waals surface area contributed by atoms with E-state index in [0.29, 0.717) is 13.1 Å². The number of amides is 2. The molecule has 0 bridgehead atoms. The third-order valence-corrected chi connectivity index (χ3v) is 3.95. The number of nitrogens with zero attached hydrogens (tertiary/aromatic N) is 1. The Hall–Kier alpha value is -1.63. The lowest BCUT2D eigenvalue weighted by Gasteiger charge is -2.38. The second-order valence-electron chi connectivity index (χ2n) is 5.34. The van der Waals surface area contributed by atoms with Gasteiger partial charge in [-0.15, -0.1) is 0 Å². The molecule has 2 amide bonds. The van der Waals surface area contributed by atoms with Crippen LogP contribution in [0.2, 0.25) is 0 Å². The molecule has 3 N–H and O–H groups in total. The van der Waals surface area contributed by atoms with Gasteiger partial charge in [-0.3, -0.25) is 19.3 Å². The van der Waals surface area contributed by atoms with Gasteiger partial charge in [0.25, 0.3) is 0 Å². The van der Waals surface area contributed by atoms with Gasteiger partial charge in [0.2, 0.25) is 11.8 Å². The summed E-state index contributed by atoms with van der Waals surface area (Å²) in [5, 5.41) is 14.5. The summed E-state index contributed by atoms with van der Waals surface area (Å²) in [6.07, 6.45) is 1.39. The first-order chi connectivity index (χ1) is 9.90. The Morgan fingerprint density at radius 1 is 1.43 bits per heavy atom. The molecule has 2 unspecified atom stereocenters. The Kier molecular flexibility index (Phi) is 6.61. The largest absolute Gasteiger partial charge is 0.481 e. The molecule has 0 saturated carbocycles. The zero-order chi connectivity index (χ0) is 16.0. The van der Waals surface area contributed by atoms with Crippen molar-refractivity contribution in [3.63, 3.8) is 0 Å². The Labute approximate surface area is 125 Å². The predicted molar refractivity (Wildman–Crippen MR) is 77.7 cm³/mol. The van der Waals surface area contributed by atoms with Gasteiger partial charge in [0.15, 0.2) is 0 Å². The van der Waals surface area contributed by atoms with Crippen molar-refractivity contribution in [3.8, 4) is 0 Å². The van der Waals surface area contributed by atoms with Crippen LogP contribution in [0.1, 0.15) is 40.0 Å². The van der Waals surface area contributed by atoms with Crippen molar-refractivity contribution >= 4 is 17.8 Å². The molecule has 7 nitrogen and oxygen atoms in total. The van der Waals surface area contributed by atoms with Crippen LogP contribution in [0.3, 0.4) is 0 Å². The average Bonchev–Trinajstić information content (AvgIpc) is 2.45. The van der Waals surface area contributed by atoms with E-state index < -0.39 is 18.1 Å². The zero-order valence-electron chi connectivity index (χ0n) is 12.9. The first-order valence-electron chi connectivity index (χ1n) is 7.46. The summed E-state index contributed by atoms with van der Waals surface area (Å²) in [6.45, 7) is 6.62. The van der Waals surface area contributed by atoms with E-state index in [-0.39, 0.29) is 24.3 Å². The molecule has 7 heteroatoms. The highest BCUT2D eigenvalue weighted by molar-refractivity contribution is 5.88. The first-order valence-corrected chi connectivity index (χ1v) is 7.46. The normalized spacial score (nSPS) is 21.0. The Morgan fingerprint density at radius 3 is 2.57 bits per heavy atom. The molecule has 1 rings (SSSR count). The van der Waals surface area contributed by atoms with Crippen LogP contribution in [0.15, 0.2) is 0 Å². The molecule has 1 saturated heterocycles. The molecule has 0 aromatic rings. The highest BCUT2D eigenvalue weighted by atomic mass is 16.4. The maximum atomic E-state index is 12.3. The summed E-state index contributed by atoms with van der Waals surface area (Å²) in [5.41, 5.74) is 0. The Balaban J connectivity index is 2.76. The molecular weight excluding hydrogens is 274 g/mol. The summed E-state index contributed by atoms with van der Waals surface area (Å²) < 4.78 is 0. The van der Waals surface area contributed by atoms with Gasteiger partial charge in [-0.05, 0) is 19.8 Å². The summed E-state index contributed by atoms with van der Waals surface area (Å²) in [7, 11) is 0. The van der Waals surface area contributed by atoms with Crippen molar-refractivity contribution in [1.82, 2.24) is 15.5 Å². The maximum Gasteiger partial charge on any atom is 0.305 e. The highest BCUT2D eigenvalue weighted by Gasteiger charge is 2.36. The lowest BCUT2D eigenvalue weighted by atomic mass is 10.0. The van der Waals surface area contributed by atoms with Gasteiger partial charge < -0.3 is 15.7 Å². The fourth-order valence-corrected chi connectivity index (χ4v) is 2.54. The van der Waals surface area contributed by atoms with E-state index in [1.165, 1.54) is 0 Å². The van der Waals surface area contributed by atoms with Crippen LogP contribution in [0.25, 0.3) is 0 Å². The van der Waals surface area contributed by atoms with Gasteiger partial charge in [-0.1, -0.05) is 13.8 Å². The van der Waals surface area contributed by atoms with E-state index in [2.05, 4.69) is 10.6 Å². The number of nitrogens with one attached hydrogen (secondary N) is 2. The van der Waals surface area contributed by atoms with E-state index in [0.717, 1.165) is 12.8 Å². The molecule has 1 heterocycles. The van der Waals surface area contributed by atoms with Crippen LogP contribution in [0, 0.1) is 0 Å². The van der Waals surface area contributed by atoms with Crippen LogP contribution in [0.4, 0.5) is 0 Å². The van der Waals surface area contributed by atoms with E-state index in [4.69, 9.17) is 5.11 Å². The topological polar surface area (TPSA) is 98.7 Å².